The normalized spacial score (nSPS) is 23.0. The molecular weight excluding hydrogens is 316 g/mol. The van der Waals surface area contributed by atoms with E-state index in [1.54, 1.807) is 11.3 Å². The number of aromatic nitrogens is 2. The van der Waals surface area contributed by atoms with Gasteiger partial charge in [-0.15, -0.1) is 11.3 Å². The van der Waals surface area contributed by atoms with Gasteiger partial charge in [-0.3, -0.25) is 14.8 Å². The third-order valence-corrected chi connectivity index (χ3v) is 6.67. The molecule has 0 radical (unpaired) electrons. The zero-order chi connectivity index (χ0) is 16.6. The van der Waals surface area contributed by atoms with Gasteiger partial charge >= 0.3 is 0 Å². The van der Waals surface area contributed by atoms with E-state index >= 15 is 0 Å². The predicted octanol–water partition coefficient (Wildman–Crippen LogP) is 3.33. The minimum Gasteiger partial charge on any atom is -0.299 e. The first-order chi connectivity index (χ1) is 11.7. The van der Waals surface area contributed by atoms with Crippen LogP contribution < -0.4 is 0 Å². The first kappa shape index (κ1) is 16.2. The van der Waals surface area contributed by atoms with Crippen molar-refractivity contribution in [1.82, 2.24) is 19.8 Å². The Morgan fingerprint density at radius 1 is 1.29 bits per heavy atom. The van der Waals surface area contributed by atoms with Crippen molar-refractivity contribution in [3.05, 3.63) is 46.2 Å². The summed E-state index contributed by atoms with van der Waals surface area (Å²) in [5.41, 5.74) is 3.12. The van der Waals surface area contributed by atoms with Crippen LogP contribution in [0, 0.1) is 12.3 Å². The van der Waals surface area contributed by atoms with Crippen LogP contribution in [0.1, 0.15) is 35.5 Å². The van der Waals surface area contributed by atoms with E-state index in [0.29, 0.717) is 5.41 Å². The third-order valence-electron chi connectivity index (χ3n) is 5.91. The summed E-state index contributed by atoms with van der Waals surface area (Å²) in [5.74, 6) is 0. The van der Waals surface area contributed by atoms with Gasteiger partial charge in [0.1, 0.15) is 5.01 Å². The summed E-state index contributed by atoms with van der Waals surface area (Å²) in [4.78, 5) is 14.0. The Balaban J connectivity index is 1.30. The van der Waals surface area contributed by atoms with Crippen molar-refractivity contribution < 1.29 is 0 Å². The van der Waals surface area contributed by atoms with Crippen molar-refractivity contribution in [1.29, 1.82) is 0 Å². The van der Waals surface area contributed by atoms with Crippen molar-refractivity contribution in [2.75, 3.05) is 20.1 Å². The molecule has 1 saturated heterocycles. The van der Waals surface area contributed by atoms with Crippen LogP contribution in [0.5, 0.6) is 0 Å². The van der Waals surface area contributed by atoms with Crippen molar-refractivity contribution in [2.24, 2.45) is 5.41 Å². The quantitative estimate of drug-likeness (QED) is 0.834. The van der Waals surface area contributed by atoms with Gasteiger partial charge in [0.2, 0.25) is 0 Å². The average molecular weight is 343 g/mol. The summed E-state index contributed by atoms with van der Waals surface area (Å²) < 4.78 is 0. The number of rotatable bonds is 5. The zero-order valence-corrected chi connectivity index (χ0v) is 15.4. The molecule has 1 spiro atoms. The molecule has 1 saturated carbocycles. The molecule has 1 aliphatic carbocycles. The molecule has 128 valence electrons. The first-order valence-electron chi connectivity index (χ1n) is 8.88. The third kappa shape index (κ3) is 3.25. The van der Waals surface area contributed by atoms with Gasteiger partial charge in [0.05, 0.1) is 6.54 Å². The lowest BCUT2D eigenvalue weighted by atomic mass is 9.92. The van der Waals surface area contributed by atoms with Crippen molar-refractivity contribution in [2.45, 2.75) is 45.3 Å². The van der Waals surface area contributed by atoms with Gasteiger partial charge in [-0.2, -0.15) is 0 Å². The number of thiazole rings is 1. The van der Waals surface area contributed by atoms with Gasteiger partial charge in [0, 0.05) is 36.1 Å². The molecule has 1 aliphatic heterocycles. The van der Waals surface area contributed by atoms with E-state index in [-0.39, 0.29) is 0 Å². The second kappa shape index (κ2) is 6.54. The Hall–Kier alpha value is -1.30. The molecule has 0 N–H and O–H groups in total. The fourth-order valence-electron chi connectivity index (χ4n) is 4.22. The van der Waals surface area contributed by atoms with Crippen LogP contribution >= 0.6 is 11.3 Å². The second-order valence-corrected chi connectivity index (χ2v) is 8.43. The largest absolute Gasteiger partial charge is 0.299 e. The molecule has 5 heteroatoms. The summed E-state index contributed by atoms with van der Waals surface area (Å²) in [6.45, 7) is 6.61. The zero-order valence-electron chi connectivity index (χ0n) is 14.6. The average Bonchev–Trinajstić information content (AvgIpc) is 3.03. The number of nitrogens with zero attached hydrogens (tertiary/aromatic N) is 4. The van der Waals surface area contributed by atoms with E-state index in [9.17, 15) is 0 Å². The molecule has 24 heavy (non-hydrogen) atoms. The number of hydrogen-bond donors (Lipinski definition) is 0. The molecule has 2 aliphatic rings. The molecule has 0 amide bonds. The van der Waals surface area contributed by atoms with Crippen LogP contribution in [0.2, 0.25) is 0 Å². The van der Waals surface area contributed by atoms with E-state index in [0.717, 1.165) is 19.1 Å². The molecule has 0 bridgehead atoms. The van der Waals surface area contributed by atoms with Crippen LogP contribution in [0.15, 0.2) is 29.9 Å². The lowest BCUT2D eigenvalue weighted by Crippen LogP contribution is -2.37. The number of piperidine rings is 1. The van der Waals surface area contributed by atoms with Gasteiger partial charge < -0.3 is 0 Å². The molecule has 1 atom stereocenters. The number of pyridine rings is 1. The molecule has 4 rings (SSSR count). The van der Waals surface area contributed by atoms with Crippen molar-refractivity contribution in [3.8, 4) is 0 Å². The Morgan fingerprint density at radius 2 is 2.12 bits per heavy atom. The first-order valence-corrected chi connectivity index (χ1v) is 9.76. The Labute approximate surface area is 148 Å². The molecule has 3 heterocycles. The van der Waals surface area contributed by atoms with Crippen molar-refractivity contribution >= 4 is 11.3 Å². The van der Waals surface area contributed by atoms with E-state index in [4.69, 9.17) is 0 Å². The highest BCUT2D eigenvalue weighted by molar-refractivity contribution is 7.09. The van der Waals surface area contributed by atoms with Crippen LogP contribution in [0.4, 0.5) is 0 Å². The van der Waals surface area contributed by atoms with Gasteiger partial charge in [0.15, 0.2) is 0 Å². The van der Waals surface area contributed by atoms with Crippen LogP contribution in [-0.4, -0.2) is 45.9 Å². The number of aryl methyl sites for hydroxylation is 1. The molecular formula is C19H26N4S. The van der Waals surface area contributed by atoms with Crippen LogP contribution in [0.25, 0.3) is 0 Å². The van der Waals surface area contributed by atoms with Gasteiger partial charge in [-0.05, 0) is 63.4 Å². The number of hydrogen-bond acceptors (Lipinski definition) is 5. The molecule has 0 unspecified atom stereocenters. The number of likely N-dealkylation sites (tertiary alicyclic amines) is 1. The highest BCUT2D eigenvalue weighted by Gasteiger charge is 2.56. The second-order valence-electron chi connectivity index (χ2n) is 7.45. The monoisotopic (exact) mass is 342 g/mol. The minimum atomic E-state index is 0.576. The van der Waals surface area contributed by atoms with Gasteiger partial charge in [0.25, 0.3) is 0 Å². The summed E-state index contributed by atoms with van der Waals surface area (Å²) in [5, 5.41) is 3.31. The highest BCUT2D eigenvalue weighted by atomic mass is 32.1. The lowest BCUT2D eigenvalue weighted by Gasteiger charge is -2.34. The Morgan fingerprint density at radius 3 is 2.83 bits per heavy atom. The van der Waals surface area contributed by atoms with E-state index in [1.807, 2.05) is 12.4 Å². The maximum atomic E-state index is 4.43. The fraction of sp³-hybridized carbons (Fsp3) is 0.579. The molecule has 2 aromatic rings. The van der Waals surface area contributed by atoms with E-state index < -0.39 is 0 Å². The van der Waals surface area contributed by atoms with E-state index in [1.165, 1.54) is 48.6 Å². The highest BCUT2D eigenvalue weighted by Crippen LogP contribution is 2.56. The summed E-state index contributed by atoms with van der Waals surface area (Å²) >= 11 is 1.77. The minimum absolute atomic E-state index is 0.576. The molecule has 2 fully saturated rings. The summed E-state index contributed by atoms with van der Waals surface area (Å²) in [6, 6.07) is 5.02. The lowest BCUT2D eigenvalue weighted by molar-refractivity contribution is 0.139. The predicted molar refractivity (Wildman–Crippen MR) is 97.9 cm³/mol. The molecule has 0 aromatic carbocycles. The molecule has 4 nitrogen and oxygen atoms in total. The van der Waals surface area contributed by atoms with Gasteiger partial charge in [-0.25, -0.2) is 4.98 Å². The summed E-state index contributed by atoms with van der Waals surface area (Å²) in [7, 11) is 2.27. The maximum Gasteiger partial charge on any atom is 0.107 e. The standard InChI is InChI=1S/C19H26N4S/c1-15-16(4-3-7-20-15)13-23-9-5-19(6-10-23)12-17(19)22(2)14-18-21-8-11-24-18/h3-4,7-8,11,17H,5-6,9-10,12-14H2,1-2H3/t17-/m0/s1. The SMILES string of the molecule is Cc1ncccc1CN1CCC2(CC1)C[C@@H]2N(C)Cc1nccs1. The van der Waals surface area contributed by atoms with E-state index in [2.05, 4.69) is 51.3 Å². The van der Waals surface area contributed by atoms with Gasteiger partial charge in [-0.1, -0.05) is 6.07 Å². The fourth-order valence-corrected chi connectivity index (χ4v) is 4.90. The topological polar surface area (TPSA) is 32.3 Å². The summed E-state index contributed by atoms with van der Waals surface area (Å²) in [6.07, 6.45) is 7.83. The van der Waals surface area contributed by atoms with Crippen LogP contribution in [0.3, 0.4) is 0 Å². The van der Waals surface area contributed by atoms with Crippen molar-refractivity contribution in [3.63, 3.8) is 0 Å². The van der Waals surface area contributed by atoms with Crippen LogP contribution in [-0.2, 0) is 13.1 Å². The maximum absolute atomic E-state index is 4.43. The Kier molecular flexibility index (Phi) is 4.41. The Bertz CT molecular complexity index is 676. The smallest absolute Gasteiger partial charge is 0.107 e. The molecule has 2 aromatic heterocycles.